The van der Waals surface area contributed by atoms with Gasteiger partial charge >= 0.3 is 5.97 Å². The molecule has 1 aromatic heterocycles. The molecule has 112 valence electrons. The van der Waals surface area contributed by atoms with E-state index in [9.17, 15) is 14.7 Å². The molecule has 2 fully saturated rings. The van der Waals surface area contributed by atoms with Crippen LogP contribution < -0.4 is 0 Å². The summed E-state index contributed by atoms with van der Waals surface area (Å²) in [6.07, 6.45) is 7.55. The summed E-state index contributed by atoms with van der Waals surface area (Å²) in [5.74, 6) is -0.837. The number of amides is 1. The van der Waals surface area contributed by atoms with E-state index in [1.54, 1.807) is 11.8 Å². The Labute approximate surface area is 123 Å². The molecule has 1 N–H and O–H groups in total. The maximum Gasteiger partial charge on any atom is 0.326 e. The SMILES string of the molecule is Cc1ncncc1C(=O)N1C(C(=O)O)CC2CCCCC21. The van der Waals surface area contributed by atoms with Gasteiger partial charge in [-0.25, -0.2) is 14.8 Å². The van der Waals surface area contributed by atoms with Crippen molar-refractivity contribution in [3.63, 3.8) is 0 Å². The molecule has 2 aliphatic rings. The van der Waals surface area contributed by atoms with Gasteiger partial charge in [-0.2, -0.15) is 0 Å². The van der Waals surface area contributed by atoms with Crippen molar-refractivity contribution in [1.82, 2.24) is 14.9 Å². The zero-order chi connectivity index (χ0) is 15.0. The molecule has 0 aromatic carbocycles. The summed E-state index contributed by atoms with van der Waals surface area (Å²) in [6, 6.07) is -0.669. The Bertz CT molecular complexity index is 575. The fraction of sp³-hybridized carbons (Fsp3) is 0.600. The molecule has 0 bridgehead atoms. The van der Waals surface area contributed by atoms with E-state index in [4.69, 9.17) is 0 Å². The van der Waals surface area contributed by atoms with Crippen molar-refractivity contribution in [3.05, 3.63) is 23.8 Å². The number of likely N-dealkylation sites (tertiary alicyclic amines) is 1. The first kappa shape index (κ1) is 14.0. The van der Waals surface area contributed by atoms with Crippen LogP contribution in [0.15, 0.2) is 12.5 Å². The molecule has 1 saturated carbocycles. The molecule has 3 unspecified atom stereocenters. The van der Waals surface area contributed by atoms with Gasteiger partial charge in [-0.05, 0) is 32.1 Å². The van der Waals surface area contributed by atoms with Gasteiger partial charge in [0.25, 0.3) is 5.91 Å². The third kappa shape index (κ3) is 2.39. The number of rotatable bonds is 2. The highest BCUT2D eigenvalue weighted by atomic mass is 16.4. The molecule has 6 heteroatoms. The molecule has 6 nitrogen and oxygen atoms in total. The fourth-order valence-corrected chi connectivity index (χ4v) is 3.71. The summed E-state index contributed by atoms with van der Waals surface area (Å²) in [5.41, 5.74) is 1.01. The van der Waals surface area contributed by atoms with E-state index in [-0.39, 0.29) is 11.9 Å². The molecule has 1 aromatic rings. The minimum absolute atomic E-state index is 0.0481. The second kappa shape index (κ2) is 5.42. The highest BCUT2D eigenvalue weighted by Crippen LogP contribution is 2.40. The Kier molecular flexibility index (Phi) is 3.61. The van der Waals surface area contributed by atoms with Gasteiger partial charge in [0, 0.05) is 12.2 Å². The van der Waals surface area contributed by atoms with E-state index in [0.29, 0.717) is 23.6 Å². The molecule has 3 atom stereocenters. The third-order valence-electron chi connectivity index (χ3n) is 4.75. The van der Waals surface area contributed by atoms with Crippen LogP contribution in [0, 0.1) is 12.8 Å². The van der Waals surface area contributed by atoms with Crippen LogP contribution in [-0.2, 0) is 4.79 Å². The third-order valence-corrected chi connectivity index (χ3v) is 4.75. The molecule has 1 aliphatic heterocycles. The van der Waals surface area contributed by atoms with E-state index in [2.05, 4.69) is 9.97 Å². The van der Waals surface area contributed by atoms with Crippen LogP contribution in [0.5, 0.6) is 0 Å². The predicted molar refractivity (Wildman–Crippen MR) is 74.7 cm³/mol. The van der Waals surface area contributed by atoms with Gasteiger partial charge in [-0.3, -0.25) is 4.79 Å². The predicted octanol–water partition coefficient (Wildman–Crippen LogP) is 1.64. The van der Waals surface area contributed by atoms with Crippen LogP contribution in [-0.4, -0.2) is 43.9 Å². The minimum atomic E-state index is -0.910. The maximum absolute atomic E-state index is 12.8. The number of aromatic nitrogens is 2. The first-order valence-corrected chi connectivity index (χ1v) is 7.41. The van der Waals surface area contributed by atoms with Crippen LogP contribution in [0.2, 0.25) is 0 Å². The second-order valence-electron chi connectivity index (χ2n) is 5.94. The fourth-order valence-electron chi connectivity index (χ4n) is 3.71. The molecule has 2 heterocycles. The number of nitrogens with zero attached hydrogens (tertiary/aromatic N) is 3. The molecule has 0 spiro atoms. The number of carbonyl (C=O) groups is 2. The lowest BCUT2D eigenvalue weighted by Crippen LogP contribution is -2.46. The van der Waals surface area contributed by atoms with Crippen LogP contribution in [0.3, 0.4) is 0 Å². The Hall–Kier alpha value is -1.98. The smallest absolute Gasteiger partial charge is 0.326 e. The lowest BCUT2D eigenvalue weighted by Gasteiger charge is -2.33. The van der Waals surface area contributed by atoms with E-state index in [0.717, 1.165) is 25.7 Å². The Morgan fingerprint density at radius 3 is 2.81 bits per heavy atom. The van der Waals surface area contributed by atoms with Crippen molar-refractivity contribution >= 4 is 11.9 Å². The number of carboxylic acid groups (broad SMARTS) is 1. The first-order valence-electron chi connectivity index (χ1n) is 7.41. The summed E-state index contributed by atoms with van der Waals surface area (Å²) >= 11 is 0. The maximum atomic E-state index is 12.8. The van der Waals surface area contributed by atoms with Gasteiger partial charge < -0.3 is 10.0 Å². The molecule has 1 saturated heterocycles. The van der Waals surface area contributed by atoms with Crippen molar-refractivity contribution in [2.75, 3.05) is 0 Å². The minimum Gasteiger partial charge on any atom is -0.480 e. The first-order chi connectivity index (χ1) is 10.1. The topological polar surface area (TPSA) is 83.4 Å². The van der Waals surface area contributed by atoms with Crippen molar-refractivity contribution in [2.24, 2.45) is 5.92 Å². The highest BCUT2D eigenvalue weighted by Gasteiger charge is 2.47. The number of hydrogen-bond donors (Lipinski definition) is 1. The summed E-state index contributed by atoms with van der Waals surface area (Å²) in [7, 11) is 0. The van der Waals surface area contributed by atoms with Crippen molar-refractivity contribution < 1.29 is 14.7 Å². The standard InChI is InChI=1S/C15H19N3O3/c1-9-11(7-16-8-17-9)14(19)18-12-5-3-2-4-10(12)6-13(18)15(20)21/h7-8,10,12-13H,2-6H2,1H3,(H,20,21). The summed E-state index contributed by atoms with van der Waals surface area (Å²) in [6.45, 7) is 1.75. The molecular formula is C15H19N3O3. The number of carboxylic acids is 1. The monoisotopic (exact) mass is 289 g/mol. The number of fused-ring (bicyclic) bond motifs is 1. The molecular weight excluding hydrogens is 270 g/mol. The number of hydrogen-bond acceptors (Lipinski definition) is 4. The van der Waals surface area contributed by atoms with Gasteiger partial charge in [0.15, 0.2) is 0 Å². The molecule has 1 aliphatic carbocycles. The van der Waals surface area contributed by atoms with E-state index in [1.165, 1.54) is 12.5 Å². The zero-order valence-electron chi connectivity index (χ0n) is 12.0. The average Bonchev–Trinajstić information content (AvgIpc) is 2.86. The summed E-state index contributed by atoms with van der Waals surface area (Å²) in [5, 5.41) is 9.47. The normalized spacial score (nSPS) is 28.2. The molecule has 3 rings (SSSR count). The zero-order valence-corrected chi connectivity index (χ0v) is 12.0. The molecule has 21 heavy (non-hydrogen) atoms. The quantitative estimate of drug-likeness (QED) is 0.895. The highest BCUT2D eigenvalue weighted by molar-refractivity contribution is 5.97. The van der Waals surface area contributed by atoms with Crippen LogP contribution >= 0.6 is 0 Å². The molecule has 0 radical (unpaired) electrons. The van der Waals surface area contributed by atoms with E-state index < -0.39 is 12.0 Å². The van der Waals surface area contributed by atoms with Gasteiger partial charge in [-0.1, -0.05) is 12.8 Å². The Morgan fingerprint density at radius 2 is 2.10 bits per heavy atom. The van der Waals surface area contributed by atoms with Gasteiger partial charge in [0.1, 0.15) is 12.4 Å². The van der Waals surface area contributed by atoms with Crippen molar-refractivity contribution in [2.45, 2.75) is 51.1 Å². The van der Waals surface area contributed by atoms with Gasteiger partial charge in [0.05, 0.1) is 11.3 Å². The van der Waals surface area contributed by atoms with E-state index >= 15 is 0 Å². The van der Waals surface area contributed by atoms with Crippen molar-refractivity contribution in [1.29, 1.82) is 0 Å². The largest absolute Gasteiger partial charge is 0.480 e. The van der Waals surface area contributed by atoms with Crippen LogP contribution in [0.4, 0.5) is 0 Å². The molecule has 1 amide bonds. The average molecular weight is 289 g/mol. The van der Waals surface area contributed by atoms with E-state index in [1.807, 2.05) is 0 Å². The number of aryl methyl sites for hydroxylation is 1. The lowest BCUT2D eigenvalue weighted by atomic mass is 9.84. The van der Waals surface area contributed by atoms with Gasteiger partial charge in [0.2, 0.25) is 0 Å². The number of aliphatic carboxylic acids is 1. The number of carbonyl (C=O) groups excluding carboxylic acids is 1. The second-order valence-corrected chi connectivity index (χ2v) is 5.94. The Balaban J connectivity index is 1.95. The van der Waals surface area contributed by atoms with Gasteiger partial charge in [-0.15, -0.1) is 0 Å². The van der Waals surface area contributed by atoms with Crippen LogP contribution in [0.25, 0.3) is 0 Å². The van der Waals surface area contributed by atoms with Crippen molar-refractivity contribution in [3.8, 4) is 0 Å². The summed E-state index contributed by atoms with van der Waals surface area (Å²) < 4.78 is 0. The Morgan fingerprint density at radius 1 is 1.33 bits per heavy atom. The summed E-state index contributed by atoms with van der Waals surface area (Å²) in [4.78, 5) is 33.9. The van der Waals surface area contributed by atoms with Crippen LogP contribution in [0.1, 0.15) is 48.2 Å². The lowest BCUT2D eigenvalue weighted by molar-refractivity contribution is -0.141.